The summed E-state index contributed by atoms with van der Waals surface area (Å²) in [6.07, 6.45) is 8.81. The molecule has 0 saturated heterocycles. The molecule has 1 saturated carbocycles. The van der Waals surface area contributed by atoms with Gasteiger partial charge >= 0.3 is 0 Å². The van der Waals surface area contributed by atoms with Gasteiger partial charge in [-0.1, -0.05) is 55.8 Å². The maximum atomic E-state index is 11.1. The van der Waals surface area contributed by atoms with Crippen molar-refractivity contribution in [3.8, 4) is 0 Å². The SMILES string of the molecule is C[C@@]1(C=O)CCC[C@@H]1/C=C/c1ccccc1. The molecule has 1 aliphatic rings. The minimum Gasteiger partial charge on any atom is -0.303 e. The number of hydrogen-bond donors (Lipinski definition) is 0. The summed E-state index contributed by atoms with van der Waals surface area (Å²) in [5, 5.41) is 0. The van der Waals surface area contributed by atoms with E-state index in [0.717, 1.165) is 19.1 Å². The van der Waals surface area contributed by atoms with E-state index in [0.29, 0.717) is 5.92 Å². The molecule has 2 atom stereocenters. The topological polar surface area (TPSA) is 17.1 Å². The molecule has 84 valence electrons. The van der Waals surface area contributed by atoms with Gasteiger partial charge in [0.1, 0.15) is 6.29 Å². The van der Waals surface area contributed by atoms with Crippen LogP contribution in [-0.2, 0) is 4.79 Å². The van der Waals surface area contributed by atoms with Crippen LogP contribution in [0.25, 0.3) is 6.08 Å². The molecule has 0 aromatic heterocycles. The number of carbonyl (C=O) groups excluding carboxylic acids is 1. The van der Waals surface area contributed by atoms with Crippen LogP contribution in [0.4, 0.5) is 0 Å². The van der Waals surface area contributed by atoms with Crippen LogP contribution in [-0.4, -0.2) is 6.29 Å². The van der Waals surface area contributed by atoms with Gasteiger partial charge in [-0.05, 0) is 24.3 Å². The fourth-order valence-electron chi connectivity index (χ4n) is 2.47. The largest absolute Gasteiger partial charge is 0.303 e. The van der Waals surface area contributed by atoms with Gasteiger partial charge in [-0.3, -0.25) is 0 Å². The Kier molecular flexibility index (Phi) is 3.23. The Labute approximate surface area is 97.2 Å². The molecule has 0 heterocycles. The first-order valence-electron chi connectivity index (χ1n) is 5.94. The number of hydrogen-bond acceptors (Lipinski definition) is 1. The van der Waals surface area contributed by atoms with Gasteiger partial charge in [-0.15, -0.1) is 0 Å². The Hall–Kier alpha value is -1.37. The van der Waals surface area contributed by atoms with Crippen molar-refractivity contribution in [1.82, 2.24) is 0 Å². The average molecular weight is 214 g/mol. The molecule has 0 spiro atoms. The molecule has 0 bridgehead atoms. The van der Waals surface area contributed by atoms with E-state index in [1.807, 2.05) is 18.2 Å². The molecule has 1 aliphatic carbocycles. The van der Waals surface area contributed by atoms with E-state index in [4.69, 9.17) is 0 Å². The third-order valence-corrected chi connectivity index (χ3v) is 3.67. The molecule has 0 aliphatic heterocycles. The minimum atomic E-state index is -0.134. The normalized spacial score (nSPS) is 29.7. The van der Waals surface area contributed by atoms with Gasteiger partial charge in [0, 0.05) is 5.41 Å². The number of carbonyl (C=O) groups is 1. The monoisotopic (exact) mass is 214 g/mol. The van der Waals surface area contributed by atoms with Gasteiger partial charge in [0.15, 0.2) is 0 Å². The van der Waals surface area contributed by atoms with Crippen molar-refractivity contribution in [2.24, 2.45) is 11.3 Å². The summed E-state index contributed by atoms with van der Waals surface area (Å²) in [4.78, 5) is 11.1. The second kappa shape index (κ2) is 4.65. The number of aldehydes is 1. The van der Waals surface area contributed by atoms with E-state index in [9.17, 15) is 4.79 Å². The first-order chi connectivity index (χ1) is 7.74. The second-order valence-electron chi connectivity index (χ2n) is 4.89. The highest BCUT2D eigenvalue weighted by Gasteiger charge is 2.36. The maximum Gasteiger partial charge on any atom is 0.126 e. The Bertz CT molecular complexity index is 380. The summed E-state index contributed by atoms with van der Waals surface area (Å²) in [5.74, 6) is 0.408. The fourth-order valence-corrected chi connectivity index (χ4v) is 2.47. The third-order valence-electron chi connectivity index (χ3n) is 3.67. The van der Waals surface area contributed by atoms with Gasteiger partial charge in [-0.25, -0.2) is 0 Å². The van der Waals surface area contributed by atoms with Crippen LogP contribution in [0.3, 0.4) is 0 Å². The van der Waals surface area contributed by atoms with Crippen LogP contribution in [0, 0.1) is 11.3 Å². The van der Waals surface area contributed by atoms with Crippen molar-refractivity contribution in [3.05, 3.63) is 42.0 Å². The number of allylic oxidation sites excluding steroid dienone is 1. The first kappa shape index (κ1) is 11.1. The Morgan fingerprint density at radius 3 is 2.75 bits per heavy atom. The molecule has 0 N–H and O–H groups in total. The van der Waals surface area contributed by atoms with Crippen molar-refractivity contribution in [2.75, 3.05) is 0 Å². The molecule has 1 fully saturated rings. The van der Waals surface area contributed by atoms with Crippen LogP contribution in [0.2, 0.25) is 0 Å². The van der Waals surface area contributed by atoms with Crippen molar-refractivity contribution in [2.45, 2.75) is 26.2 Å². The van der Waals surface area contributed by atoms with E-state index in [-0.39, 0.29) is 5.41 Å². The van der Waals surface area contributed by atoms with Gasteiger partial charge < -0.3 is 4.79 Å². The highest BCUT2D eigenvalue weighted by molar-refractivity contribution is 5.61. The Morgan fingerprint density at radius 1 is 1.31 bits per heavy atom. The Balaban J connectivity index is 2.10. The smallest absolute Gasteiger partial charge is 0.126 e. The molecule has 0 amide bonds. The van der Waals surface area contributed by atoms with Crippen LogP contribution < -0.4 is 0 Å². The molecular formula is C15H18O. The number of benzene rings is 1. The van der Waals surface area contributed by atoms with Crippen LogP contribution in [0.1, 0.15) is 31.7 Å². The minimum absolute atomic E-state index is 0.134. The summed E-state index contributed by atoms with van der Waals surface area (Å²) in [7, 11) is 0. The van der Waals surface area contributed by atoms with Crippen LogP contribution in [0.15, 0.2) is 36.4 Å². The lowest BCUT2D eigenvalue weighted by molar-refractivity contribution is -0.116. The van der Waals surface area contributed by atoms with E-state index in [2.05, 4.69) is 31.2 Å². The summed E-state index contributed by atoms with van der Waals surface area (Å²) < 4.78 is 0. The molecule has 2 rings (SSSR count). The molecule has 0 radical (unpaired) electrons. The van der Waals surface area contributed by atoms with Gasteiger partial charge in [0.25, 0.3) is 0 Å². The summed E-state index contributed by atoms with van der Waals surface area (Å²) in [6, 6.07) is 10.3. The zero-order valence-electron chi connectivity index (χ0n) is 9.73. The maximum absolute atomic E-state index is 11.1. The molecule has 1 heteroatoms. The molecule has 0 unspecified atom stereocenters. The highest BCUT2D eigenvalue weighted by Crippen LogP contribution is 2.42. The van der Waals surface area contributed by atoms with Crippen LogP contribution in [0.5, 0.6) is 0 Å². The molecule has 16 heavy (non-hydrogen) atoms. The average Bonchev–Trinajstić information content (AvgIpc) is 2.70. The van der Waals surface area contributed by atoms with Gasteiger partial charge in [0.05, 0.1) is 0 Å². The highest BCUT2D eigenvalue weighted by atomic mass is 16.1. The molecule has 1 aromatic carbocycles. The Morgan fingerprint density at radius 2 is 2.06 bits per heavy atom. The summed E-state index contributed by atoms with van der Waals surface area (Å²) in [5.41, 5.74) is 1.08. The van der Waals surface area contributed by atoms with Crippen LogP contribution >= 0.6 is 0 Å². The fraction of sp³-hybridized carbons (Fsp3) is 0.400. The zero-order chi connectivity index (χ0) is 11.4. The second-order valence-corrected chi connectivity index (χ2v) is 4.89. The van der Waals surface area contributed by atoms with E-state index >= 15 is 0 Å². The van der Waals surface area contributed by atoms with Gasteiger partial charge in [0.2, 0.25) is 0 Å². The molecule has 1 aromatic rings. The van der Waals surface area contributed by atoms with Crippen molar-refractivity contribution >= 4 is 12.4 Å². The zero-order valence-corrected chi connectivity index (χ0v) is 9.73. The summed E-state index contributed by atoms with van der Waals surface area (Å²) in [6.45, 7) is 2.08. The van der Waals surface area contributed by atoms with Crippen molar-refractivity contribution < 1.29 is 4.79 Å². The lowest BCUT2D eigenvalue weighted by Crippen LogP contribution is -2.21. The quantitative estimate of drug-likeness (QED) is 0.701. The molecular weight excluding hydrogens is 196 g/mol. The van der Waals surface area contributed by atoms with Crippen molar-refractivity contribution in [1.29, 1.82) is 0 Å². The summed E-state index contributed by atoms with van der Waals surface area (Å²) >= 11 is 0. The van der Waals surface area contributed by atoms with Crippen molar-refractivity contribution in [3.63, 3.8) is 0 Å². The standard InChI is InChI=1S/C15H18O/c1-15(12-16)11-5-8-14(15)10-9-13-6-3-2-4-7-13/h2-4,6-7,9-10,12,14H,5,8,11H2,1H3/b10-9+/t14-,15+/m1/s1. The van der Waals surface area contributed by atoms with E-state index < -0.39 is 0 Å². The van der Waals surface area contributed by atoms with Gasteiger partial charge in [-0.2, -0.15) is 0 Å². The van der Waals surface area contributed by atoms with E-state index in [1.54, 1.807) is 0 Å². The predicted octanol–water partition coefficient (Wildman–Crippen LogP) is 3.71. The predicted molar refractivity (Wildman–Crippen MR) is 67.0 cm³/mol. The molecule has 1 nitrogen and oxygen atoms in total. The number of rotatable bonds is 3. The first-order valence-corrected chi connectivity index (χ1v) is 5.94. The van der Waals surface area contributed by atoms with E-state index in [1.165, 1.54) is 12.0 Å². The lowest BCUT2D eigenvalue weighted by atomic mass is 9.81. The third kappa shape index (κ3) is 2.24. The lowest BCUT2D eigenvalue weighted by Gasteiger charge is -2.22.